The SMILES string of the molecule is CCNC(=NCc1cccc(OC)c1O)NC(C)c1cccc(Cl)c1.I. The second-order valence-corrected chi connectivity index (χ2v) is 6.02. The first-order chi connectivity index (χ1) is 12.0. The normalized spacial score (nSPS) is 12.1. The molecule has 2 aromatic rings. The minimum absolute atomic E-state index is 0. The molecule has 7 heteroatoms. The third-order valence-corrected chi connectivity index (χ3v) is 3.99. The molecule has 0 saturated carbocycles. The average molecular weight is 490 g/mol. The minimum Gasteiger partial charge on any atom is -0.504 e. The molecule has 26 heavy (non-hydrogen) atoms. The van der Waals surface area contributed by atoms with E-state index in [2.05, 4.69) is 15.6 Å². The highest BCUT2D eigenvalue weighted by Crippen LogP contribution is 2.29. The molecule has 1 atom stereocenters. The molecule has 0 fully saturated rings. The Kier molecular flexibility index (Phi) is 9.58. The average Bonchev–Trinajstić information content (AvgIpc) is 2.60. The van der Waals surface area contributed by atoms with Crippen LogP contribution in [0, 0.1) is 0 Å². The van der Waals surface area contributed by atoms with E-state index in [0.29, 0.717) is 28.8 Å². The summed E-state index contributed by atoms with van der Waals surface area (Å²) >= 11 is 6.06. The first kappa shape index (κ1) is 22.4. The maximum Gasteiger partial charge on any atom is 0.192 e. The number of rotatable bonds is 6. The topological polar surface area (TPSA) is 65.9 Å². The first-order valence-corrected chi connectivity index (χ1v) is 8.58. The fourth-order valence-electron chi connectivity index (χ4n) is 2.41. The zero-order valence-corrected chi connectivity index (χ0v) is 18.2. The predicted molar refractivity (Wildman–Crippen MR) is 118 cm³/mol. The first-order valence-electron chi connectivity index (χ1n) is 8.20. The van der Waals surface area contributed by atoms with Crippen molar-refractivity contribution in [1.29, 1.82) is 0 Å². The number of aromatic hydroxyl groups is 1. The van der Waals surface area contributed by atoms with E-state index in [1.807, 2.05) is 50.2 Å². The van der Waals surface area contributed by atoms with E-state index in [1.165, 1.54) is 7.11 Å². The summed E-state index contributed by atoms with van der Waals surface area (Å²) in [5.74, 6) is 1.22. The van der Waals surface area contributed by atoms with Gasteiger partial charge in [0, 0.05) is 17.1 Å². The van der Waals surface area contributed by atoms with E-state index in [0.717, 1.165) is 12.1 Å². The Bertz CT molecular complexity index is 740. The molecule has 1 unspecified atom stereocenters. The fraction of sp³-hybridized carbons (Fsp3) is 0.316. The minimum atomic E-state index is 0. The van der Waals surface area contributed by atoms with Crippen molar-refractivity contribution in [2.75, 3.05) is 13.7 Å². The number of benzene rings is 2. The molecule has 0 aliphatic heterocycles. The van der Waals surface area contributed by atoms with E-state index >= 15 is 0 Å². The zero-order valence-electron chi connectivity index (χ0n) is 15.1. The second-order valence-electron chi connectivity index (χ2n) is 5.58. The molecule has 0 bridgehead atoms. The monoisotopic (exact) mass is 489 g/mol. The summed E-state index contributed by atoms with van der Waals surface area (Å²) in [4.78, 5) is 4.55. The maximum absolute atomic E-state index is 10.2. The van der Waals surface area contributed by atoms with Crippen molar-refractivity contribution in [2.45, 2.75) is 26.4 Å². The lowest BCUT2D eigenvalue weighted by molar-refractivity contribution is 0.370. The number of phenols is 1. The van der Waals surface area contributed by atoms with Crippen molar-refractivity contribution in [3.05, 3.63) is 58.6 Å². The van der Waals surface area contributed by atoms with E-state index in [9.17, 15) is 5.11 Å². The number of para-hydroxylation sites is 1. The number of ether oxygens (including phenoxy) is 1. The van der Waals surface area contributed by atoms with Crippen LogP contribution in [0.15, 0.2) is 47.5 Å². The molecule has 0 amide bonds. The Balaban J connectivity index is 0.00000338. The van der Waals surface area contributed by atoms with Crippen LogP contribution in [0.2, 0.25) is 5.02 Å². The smallest absolute Gasteiger partial charge is 0.192 e. The zero-order chi connectivity index (χ0) is 18.2. The molecule has 2 aromatic carbocycles. The number of nitrogens with one attached hydrogen (secondary N) is 2. The van der Waals surface area contributed by atoms with Gasteiger partial charge in [-0.05, 0) is 37.6 Å². The van der Waals surface area contributed by atoms with Gasteiger partial charge in [-0.3, -0.25) is 0 Å². The third kappa shape index (κ3) is 6.25. The highest BCUT2D eigenvalue weighted by Gasteiger charge is 2.10. The fourth-order valence-corrected chi connectivity index (χ4v) is 2.61. The van der Waals surface area contributed by atoms with Gasteiger partial charge in [0.15, 0.2) is 17.5 Å². The summed E-state index contributed by atoms with van der Waals surface area (Å²) in [7, 11) is 1.53. The number of nitrogens with zero attached hydrogens (tertiary/aromatic N) is 1. The van der Waals surface area contributed by atoms with Gasteiger partial charge < -0.3 is 20.5 Å². The largest absolute Gasteiger partial charge is 0.504 e. The molecule has 0 aliphatic carbocycles. The molecule has 0 aromatic heterocycles. The summed E-state index contributed by atoms with van der Waals surface area (Å²) < 4.78 is 5.13. The number of guanidine groups is 1. The van der Waals surface area contributed by atoms with E-state index in [-0.39, 0.29) is 35.8 Å². The van der Waals surface area contributed by atoms with Crippen molar-refractivity contribution in [3.63, 3.8) is 0 Å². The van der Waals surface area contributed by atoms with Crippen molar-refractivity contribution < 1.29 is 9.84 Å². The number of hydrogen-bond donors (Lipinski definition) is 3. The summed E-state index contributed by atoms with van der Waals surface area (Å²) in [6, 6.07) is 13.1. The van der Waals surface area contributed by atoms with Gasteiger partial charge in [-0.2, -0.15) is 0 Å². The van der Waals surface area contributed by atoms with E-state index < -0.39 is 0 Å². The molecule has 2 rings (SSSR count). The van der Waals surface area contributed by atoms with Crippen LogP contribution in [-0.4, -0.2) is 24.7 Å². The molecule has 0 saturated heterocycles. The number of aliphatic imine (C=N–C) groups is 1. The van der Waals surface area contributed by atoms with Crippen LogP contribution < -0.4 is 15.4 Å². The van der Waals surface area contributed by atoms with Crippen molar-refractivity contribution in [3.8, 4) is 11.5 Å². The number of methoxy groups -OCH3 is 1. The van der Waals surface area contributed by atoms with E-state index in [4.69, 9.17) is 16.3 Å². The summed E-state index contributed by atoms with van der Waals surface area (Å²) in [6.45, 7) is 5.12. The Morgan fingerprint density at radius 2 is 2.00 bits per heavy atom. The second kappa shape index (κ2) is 11.1. The third-order valence-electron chi connectivity index (χ3n) is 3.76. The lowest BCUT2D eigenvalue weighted by Gasteiger charge is -2.18. The molecule has 142 valence electrons. The van der Waals surface area contributed by atoms with Crippen LogP contribution in [0.1, 0.15) is 31.0 Å². The van der Waals surface area contributed by atoms with Gasteiger partial charge >= 0.3 is 0 Å². The van der Waals surface area contributed by atoms with Gasteiger partial charge in [0.05, 0.1) is 19.7 Å². The van der Waals surface area contributed by atoms with Crippen molar-refractivity contribution >= 4 is 41.5 Å². The molecular weight excluding hydrogens is 465 g/mol. The van der Waals surface area contributed by atoms with Gasteiger partial charge in [0.2, 0.25) is 0 Å². The quantitative estimate of drug-likeness (QED) is 0.318. The van der Waals surface area contributed by atoms with Crippen LogP contribution in [0.25, 0.3) is 0 Å². The molecule has 0 heterocycles. The number of hydrogen-bond acceptors (Lipinski definition) is 3. The standard InChI is InChI=1S/C19H24ClN3O2.HI/c1-4-21-19(23-13(2)14-7-5-9-16(20)11-14)22-12-15-8-6-10-17(25-3)18(15)24;/h5-11,13,24H,4,12H2,1-3H3,(H2,21,22,23);1H. The summed E-state index contributed by atoms with van der Waals surface area (Å²) in [5, 5.41) is 17.4. The highest BCUT2D eigenvalue weighted by molar-refractivity contribution is 14.0. The Hall–Kier alpha value is -1.67. The van der Waals surface area contributed by atoms with Crippen LogP contribution in [0.3, 0.4) is 0 Å². The van der Waals surface area contributed by atoms with Gasteiger partial charge in [0.1, 0.15) is 0 Å². The summed E-state index contributed by atoms with van der Waals surface area (Å²) in [6.07, 6.45) is 0. The van der Waals surface area contributed by atoms with Crippen molar-refractivity contribution in [1.82, 2.24) is 10.6 Å². The molecular formula is C19H25ClIN3O2. The molecule has 5 nitrogen and oxygen atoms in total. The highest BCUT2D eigenvalue weighted by atomic mass is 127. The van der Waals surface area contributed by atoms with Crippen LogP contribution in [0.4, 0.5) is 0 Å². The molecule has 0 spiro atoms. The van der Waals surface area contributed by atoms with Gasteiger partial charge in [-0.25, -0.2) is 4.99 Å². The van der Waals surface area contributed by atoms with Crippen molar-refractivity contribution in [2.24, 2.45) is 4.99 Å². The Labute approximate surface area is 176 Å². The van der Waals surface area contributed by atoms with Crippen LogP contribution in [-0.2, 0) is 6.54 Å². The Morgan fingerprint density at radius 3 is 2.65 bits per heavy atom. The number of halogens is 2. The lowest BCUT2D eigenvalue weighted by atomic mass is 10.1. The molecule has 0 radical (unpaired) electrons. The van der Waals surface area contributed by atoms with Gasteiger partial charge in [-0.1, -0.05) is 35.9 Å². The molecule has 3 N–H and O–H groups in total. The maximum atomic E-state index is 10.2. The predicted octanol–water partition coefficient (Wildman–Crippen LogP) is 4.49. The van der Waals surface area contributed by atoms with Gasteiger partial charge in [0.25, 0.3) is 0 Å². The molecule has 0 aliphatic rings. The lowest BCUT2D eigenvalue weighted by Crippen LogP contribution is -2.38. The summed E-state index contributed by atoms with van der Waals surface area (Å²) in [5.41, 5.74) is 1.77. The van der Waals surface area contributed by atoms with Crippen LogP contribution in [0.5, 0.6) is 11.5 Å². The van der Waals surface area contributed by atoms with Gasteiger partial charge in [-0.15, -0.1) is 24.0 Å². The van der Waals surface area contributed by atoms with Crippen LogP contribution >= 0.6 is 35.6 Å². The Morgan fingerprint density at radius 1 is 1.27 bits per heavy atom. The van der Waals surface area contributed by atoms with E-state index in [1.54, 1.807) is 6.07 Å². The number of phenolic OH excluding ortho intramolecular Hbond substituents is 1.